The first-order chi connectivity index (χ1) is 27.6. The van der Waals surface area contributed by atoms with E-state index >= 15 is 0 Å². The Kier molecular flexibility index (Phi) is 9.92. The number of aliphatic hydroxyl groups excluding tert-OH is 3. The number of carbonyl (C=O) groups excluding carboxylic acids is 1. The van der Waals surface area contributed by atoms with E-state index in [1.165, 1.54) is 6.07 Å². The van der Waals surface area contributed by atoms with Crippen LogP contribution in [0.15, 0.2) is 69.4 Å². The highest BCUT2D eigenvalue weighted by atomic mass is 16.5. The van der Waals surface area contributed by atoms with Crippen LogP contribution in [0, 0.1) is 47.0 Å². The maximum absolute atomic E-state index is 13.1. The summed E-state index contributed by atoms with van der Waals surface area (Å²) in [5, 5.41) is 44.5. The van der Waals surface area contributed by atoms with Gasteiger partial charge in [-0.3, -0.25) is 19.7 Å². The minimum absolute atomic E-state index is 0.0532. The number of nitrogens with zero attached hydrogens (tertiary/aromatic N) is 2. The second kappa shape index (κ2) is 15.1. The third-order valence-electron chi connectivity index (χ3n) is 13.1. The molecule has 7 aliphatic rings. The minimum atomic E-state index is -1.08. The van der Waals surface area contributed by atoms with Crippen LogP contribution in [0.3, 0.4) is 0 Å². The normalized spacial score (nSPS) is 30.5. The van der Waals surface area contributed by atoms with Crippen molar-refractivity contribution in [1.29, 1.82) is 0 Å². The number of nitrogens with one attached hydrogen (secondary N) is 1. The van der Waals surface area contributed by atoms with Gasteiger partial charge >= 0.3 is 0 Å². The number of rotatable bonds is 6. The highest BCUT2D eigenvalue weighted by Gasteiger charge is 2.51. The Morgan fingerprint density at radius 2 is 1.93 bits per heavy atom. The van der Waals surface area contributed by atoms with Gasteiger partial charge in [0.15, 0.2) is 11.5 Å². The molecule has 9 rings (SSSR count). The third-order valence-corrected chi connectivity index (χ3v) is 13.1. The van der Waals surface area contributed by atoms with Crippen molar-refractivity contribution in [3.05, 3.63) is 87.3 Å². The number of aryl methyl sites for hydroxylation is 1. The summed E-state index contributed by atoms with van der Waals surface area (Å²) in [5.74, 6) is 9.95. The molecule has 7 N–H and O–H groups in total. The number of ether oxygens (including phenoxy) is 2. The molecule has 5 heterocycles. The Bertz CT molecular complexity index is 2280. The summed E-state index contributed by atoms with van der Waals surface area (Å²) in [6.45, 7) is 2.61. The number of carbonyl (C=O) groups is 1. The second-order valence-corrected chi connectivity index (χ2v) is 16.8. The van der Waals surface area contributed by atoms with Crippen molar-refractivity contribution in [3.63, 3.8) is 0 Å². The highest BCUT2D eigenvalue weighted by molar-refractivity contribution is 5.87. The van der Waals surface area contributed by atoms with Crippen LogP contribution >= 0.6 is 0 Å². The first-order valence-electron chi connectivity index (χ1n) is 20.3. The smallest absolute Gasteiger partial charge is 0.252 e. The van der Waals surface area contributed by atoms with Crippen LogP contribution in [0.2, 0.25) is 0 Å². The number of hydrogen-bond donors (Lipinski definition) is 6. The lowest BCUT2D eigenvalue weighted by Gasteiger charge is -2.36. The molecule has 2 aliphatic carbocycles. The monoisotopic (exact) mass is 769 g/mol. The molecule has 9 atom stereocenters. The molecule has 11 nitrogen and oxygen atoms in total. The third kappa shape index (κ3) is 7.02. The fourth-order valence-electron chi connectivity index (χ4n) is 9.91. The van der Waals surface area contributed by atoms with Gasteiger partial charge in [-0.25, -0.2) is 0 Å². The standard InChI is InChI=1S/C46H48N4O7/c1-26-4-7-33(40(54)18-26)41(55)21-29(51)6-5-27-20-43-42(22-39(27)53)56-17-15-46(13-2-3-14-46)36-10-11-38(52)31-8-9-32-30(12-16-48-44(32)47)34(31)19-28-23-49-37-25-50(24-35(28)37)45(36)57-43/h4,7-9,16,20,22-23,25-26,33,36,38,40-41,44-45,52-55H,2-3,5-6,12-14,18-19,21,24,47H2,1H3/p+1/t26-,33+,36+,38-,40+,41-,44-,45-/m0/s1. The van der Waals surface area contributed by atoms with E-state index in [0.29, 0.717) is 37.1 Å². The van der Waals surface area contributed by atoms with Gasteiger partial charge in [0.1, 0.15) is 54.3 Å². The zero-order chi connectivity index (χ0) is 39.4. The van der Waals surface area contributed by atoms with Crippen LogP contribution in [-0.4, -0.2) is 63.6 Å². The number of phenols is 1. The number of aliphatic imine (C=N–C) groups is 2. The van der Waals surface area contributed by atoms with Crippen molar-refractivity contribution in [1.82, 2.24) is 0 Å². The molecule has 1 unspecified atom stereocenters. The number of Topliss-reactive ketones (excluding diaryl/α,β-unsaturated/α-hetero) is 1. The largest absolute Gasteiger partial charge is 0.508 e. The van der Waals surface area contributed by atoms with E-state index in [1.54, 1.807) is 6.07 Å². The number of aliphatic hydroxyl groups is 3. The molecule has 1 fully saturated rings. The number of ketones is 1. The van der Waals surface area contributed by atoms with Gasteiger partial charge in [0.2, 0.25) is 0 Å². The van der Waals surface area contributed by atoms with Crippen molar-refractivity contribution in [3.8, 4) is 41.1 Å². The maximum atomic E-state index is 13.1. The fraction of sp³-hybridized carbons (Fsp3) is 0.457. The summed E-state index contributed by atoms with van der Waals surface area (Å²) in [7, 11) is 0. The molecule has 0 amide bonds. The molecule has 0 radical (unpaired) electrons. The van der Waals surface area contributed by atoms with Gasteiger partial charge in [0.25, 0.3) is 6.23 Å². The Balaban J connectivity index is 1.06. The number of phenolic OH excluding ortho intramolecular Hbond substituents is 1. The molecular weight excluding hydrogens is 721 g/mol. The van der Waals surface area contributed by atoms with E-state index in [-0.39, 0.29) is 42.5 Å². The van der Waals surface area contributed by atoms with Crippen LogP contribution in [0.4, 0.5) is 0 Å². The summed E-state index contributed by atoms with van der Waals surface area (Å²) < 4.78 is 13.1. The van der Waals surface area contributed by atoms with Crippen molar-refractivity contribution in [2.45, 2.75) is 102 Å². The fourth-order valence-corrected chi connectivity index (χ4v) is 9.91. The topological polar surface area (TPSA) is 172 Å². The second-order valence-electron chi connectivity index (χ2n) is 16.8. The van der Waals surface area contributed by atoms with E-state index < -0.39 is 48.0 Å². The molecule has 57 heavy (non-hydrogen) atoms. The SMILES string of the molecule is C[C@H]1C=C[C@@H]([C@@H](O)CC(=O)CCc2cc3c(cc2O)OC#CC2(CCCC2)[C@@H]2C#C[C@H](O)c4ccc5c(c4CC4=C6C[NH+](C=C6N=C4)[C@H]2O3)CC=N[C@@H]5N)[C@H](O)C1. The Hall–Kier alpha value is -5.01. The Morgan fingerprint density at radius 1 is 1.11 bits per heavy atom. The van der Waals surface area contributed by atoms with Crippen molar-refractivity contribution in [2.24, 2.45) is 38.9 Å². The van der Waals surface area contributed by atoms with Crippen molar-refractivity contribution >= 4 is 18.2 Å². The molecule has 2 aromatic carbocycles. The van der Waals surface area contributed by atoms with E-state index in [2.05, 4.69) is 35.1 Å². The van der Waals surface area contributed by atoms with Crippen LogP contribution in [0.25, 0.3) is 0 Å². The zero-order valence-electron chi connectivity index (χ0n) is 32.1. The quantitative estimate of drug-likeness (QED) is 0.192. The summed E-state index contributed by atoms with van der Waals surface area (Å²) in [6, 6.07) is 7.10. The molecule has 0 saturated heterocycles. The Labute approximate surface area is 332 Å². The highest BCUT2D eigenvalue weighted by Crippen LogP contribution is 2.47. The number of allylic oxidation sites excluding steroid dienone is 2. The number of fused-ring (bicyclic) bond motifs is 8. The summed E-state index contributed by atoms with van der Waals surface area (Å²) in [5.41, 5.74) is 13.2. The lowest BCUT2D eigenvalue weighted by Crippen LogP contribution is -3.12. The Morgan fingerprint density at radius 3 is 2.75 bits per heavy atom. The average molecular weight is 770 g/mol. The maximum Gasteiger partial charge on any atom is 0.252 e. The first-order valence-corrected chi connectivity index (χ1v) is 20.3. The molecule has 1 spiro atoms. The lowest BCUT2D eigenvalue weighted by atomic mass is 9.73. The average Bonchev–Trinajstić information content (AvgIpc) is 3.93. The molecule has 0 aromatic heterocycles. The van der Waals surface area contributed by atoms with Crippen LogP contribution < -0.4 is 20.1 Å². The van der Waals surface area contributed by atoms with Gasteiger partial charge in [-0.2, -0.15) is 0 Å². The van der Waals surface area contributed by atoms with Crippen LogP contribution in [0.5, 0.6) is 17.2 Å². The van der Waals surface area contributed by atoms with E-state index in [1.807, 2.05) is 43.6 Å². The number of nitrogens with two attached hydrogens (primary N) is 1. The summed E-state index contributed by atoms with van der Waals surface area (Å²) in [6.07, 6.45) is 14.2. The van der Waals surface area contributed by atoms with Gasteiger partial charge in [0.05, 0.1) is 17.6 Å². The lowest BCUT2D eigenvalue weighted by molar-refractivity contribution is -0.891. The van der Waals surface area contributed by atoms with Crippen LogP contribution in [-0.2, 0) is 24.1 Å². The molecule has 294 valence electrons. The summed E-state index contributed by atoms with van der Waals surface area (Å²) >= 11 is 0. The van der Waals surface area contributed by atoms with Crippen molar-refractivity contribution < 1.29 is 39.6 Å². The molecule has 1 saturated carbocycles. The van der Waals surface area contributed by atoms with Gasteiger partial charge in [-0.1, -0.05) is 61.8 Å². The minimum Gasteiger partial charge on any atom is -0.508 e. The predicted octanol–water partition coefficient (Wildman–Crippen LogP) is 3.45. The molecular formula is C46H49N4O7+. The number of benzene rings is 2. The van der Waals surface area contributed by atoms with Gasteiger partial charge < -0.3 is 35.6 Å². The van der Waals surface area contributed by atoms with E-state index in [4.69, 9.17) is 20.2 Å². The zero-order valence-corrected chi connectivity index (χ0v) is 32.1. The molecule has 5 aliphatic heterocycles. The van der Waals surface area contributed by atoms with Crippen molar-refractivity contribution in [2.75, 3.05) is 6.54 Å². The summed E-state index contributed by atoms with van der Waals surface area (Å²) in [4.78, 5) is 23.5. The van der Waals surface area contributed by atoms with Crippen LogP contribution in [0.1, 0.15) is 92.0 Å². The first kappa shape index (κ1) is 37.6. The molecule has 2 aromatic rings. The number of aromatic hydroxyl groups is 1. The van der Waals surface area contributed by atoms with Gasteiger partial charge in [0, 0.05) is 55.7 Å². The van der Waals surface area contributed by atoms with Gasteiger partial charge in [-0.15, -0.1) is 0 Å². The number of hydrogen-bond acceptors (Lipinski definition) is 10. The number of quaternary nitrogens is 1. The molecule has 11 heteroatoms. The molecule has 2 bridgehead atoms. The predicted molar refractivity (Wildman–Crippen MR) is 213 cm³/mol. The van der Waals surface area contributed by atoms with E-state index in [9.17, 15) is 25.2 Å². The van der Waals surface area contributed by atoms with E-state index in [0.717, 1.165) is 69.7 Å². The van der Waals surface area contributed by atoms with Gasteiger partial charge in [-0.05, 0) is 71.1 Å².